The number of nitrogens with one attached hydrogen (secondary N) is 1. The number of fused-ring (bicyclic) bond motifs is 1. The van der Waals surface area contributed by atoms with Crippen LogP contribution in [0.15, 0.2) is 55.1 Å². The molecular weight excluding hydrogens is 528 g/mol. The number of carbonyl (C=O) groups is 2. The van der Waals surface area contributed by atoms with Crippen molar-refractivity contribution >= 4 is 63.3 Å². The standard InChI is InChI=1S/C24H18Cl3F3N2O3/c1-13(12-23(35-31,24(28,29)30)14-10-19(25)21(27)20(26)11-14)15-6-7-18(22(34)32-8-9-33)17-5-3-2-4-16(15)17/h2-7,9-11H,1,8,12,31H2,(H,32,34). The summed E-state index contributed by atoms with van der Waals surface area (Å²) in [5, 5.41) is 2.84. The lowest BCUT2D eigenvalue weighted by Crippen LogP contribution is -2.47. The van der Waals surface area contributed by atoms with Gasteiger partial charge in [-0.15, -0.1) is 0 Å². The number of rotatable bonds is 8. The van der Waals surface area contributed by atoms with E-state index in [4.69, 9.17) is 40.7 Å². The van der Waals surface area contributed by atoms with Crippen LogP contribution in [0.1, 0.15) is 27.9 Å². The molecule has 0 bridgehead atoms. The maximum absolute atomic E-state index is 14.5. The highest BCUT2D eigenvalue weighted by Crippen LogP contribution is 2.49. The van der Waals surface area contributed by atoms with Gasteiger partial charge >= 0.3 is 6.18 Å². The fourth-order valence-electron chi connectivity index (χ4n) is 3.76. The van der Waals surface area contributed by atoms with Gasteiger partial charge in [0.2, 0.25) is 5.60 Å². The lowest BCUT2D eigenvalue weighted by Gasteiger charge is -2.35. The first-order valence-corrected chi connectivity index (χ1v) is 11.1. The molecule has 3 rings (SSSR count). The van der Waals surface area contributed by atoms with E-state index in [1.54, 1.807) is 24.3 Å². The number of alkyl halides is 3. The summed E-state index contributed by atoms with van der Waals surface area (Å²) in [4.78, 5) is 27.7. The quantitative estimate of drug-likeness (QED) is 0.193. The van der Waals surface area contributed by atoms with Crippen LogP contribution >= 0.6 is 34.8 Å². The summed E-state index contributed by atoms with van der Waals surface area (Å²) in [5.74, 6) is 4.74. The van der Waals surface area contributed by atoms with E-state index in [-0.39, 0.29) is 32.7 Å². The van der Waals surface area contributed by atoms with Gasteiger partial charge in [-0.05, 0) is 45.7 Å². The number of halogens is 6. The van der Waals surface area contributed by atoms with Crippen LogP contribution in [0.5, 0.6) is 0 Å². The number of carbonyl (C=O) groups excluding carboxylic acids is 2. The third kappa shape index (κ3) is 5.17. The zero-order valence-electron chi connectivity index (χ0n) is 17.9. The normalized spacial score (nSPS) is 13.3. The Morgan fingerprint density at radius 3 is 2.09 bits per heavy atom. The van der Waals surface area contributed by atoms with E-state index in [1.807, 2.05) is 0 Å². The maximum Gasteiger partial charge on any atom is 0.424 e. The van der Waals surface area contributed by atoms with Crippen LogP contribution < -0.4 is 11.2 Å². The van der Waals surface area contributed by atoms with Crippen LogP contribution in [-0.2, 0) is 15.2 Å². The van der Waals surface area contributed by atoms with Gasteiger partial charge in [-0.25, -0.2) is 5.90 Å². The van der Waals surface area contributed by atoms with Gasteiger partial charge in [0.25, 0.3) is 5.91 Å². The monoisotopic (exact) mass is 544 g/mol. The Balaban J connectivity index is 2.13. The van der Waals surface area contributed by atoms with Crippen molar-refractivity contribution in [2.75, 3.05) is 6.54 Å². The largest absolute Gasteiger partial charge is 0.424 e. The van der Waals surface area contributed by atoms with Crippen molar-refractivity contribution in [1.82, 2.24) is 5.32 Å². The molecule has 0 aliphatic rings. The Labute approximate surface area is 213 Å². The molecule has 11 heteroatoms. The number of benzene rings is 3. The lowest BCUT2D eigenvalue weighted by molar-refractivity contribution is -0.285. The first-order valence-electron chi connectivity index (χ1n) is 9.98. The molecule has 0 aromatic heterocycles. The summed E-state index contributed by atoms with van der Waals surface area (Å²) in [6.45, 7) is 3.67. The van der Waals surface area contributed by atoms with Crippen molar-refractivity contribution in [1.29, 1.82) is 0 Å². The Hall–Kier alpha value is -2.62. The van der Waals surface area contributed by atoms with Crippen LogP contribution in [-0.4, -0.2) is 24.9 Å². The second-order valence-corrected chi connectivity index (χ2v) is 8.75. The summed E-state index contributed by atoms with van der Waals surface area (Å²) < 4.78 is 43.4. The minimum atomic E-state index is -5.00. The zero-order chi connectivity index (χ0) is 26.0. The molecular formula is C24H18Cl3F3N2O3. The molecule has 35 heavy (non-hydrogen) atoms. The van der Waals surface area contributed by atoms with Crippen molar-refractivity contribution in [3.8, 4) is 0 Å². The van der Waals surface area contributed by atoms with E-state index in [0.717, 1.165) is 12.1 Å². The van der Waals surface area contributed by atoms with Crippen molar-refractivity contribution in [3.63, 3.8) is 0 Å². The van der Waals surface area contributed by atoms with Gasteiger partial charge in [0.15, 0.2) is 0 Å². The fourth-order valence-corrected chi connectivity index (χ4v) is 4.36. The fraction of sp³-hybridized carbons (Fsp3) is 0.167. The van der Waals surface area contributed by atoms with Crippen LogP contribution in [0.4, 0.5) is 13.2 Å². The van der Waals surface area contributed by atoms with E-state index in [9.17, 15) is 22.8 Å². The van der Waals surface area contributed by atoms with Gasteiger partial charge in [0, 0.05) is 12.0 Å². The first kappa shape index (κ1) is 27.0. The second kappa shape index (κ2) is 10.6. The molecule has 0 saturated carbocycles. The van der Waals surface area contributed by atoms with Crippen molar-refractivity contribution < 1.29 is 27.6 Å². The van der Waals surface area contributed by atoms with Gasteiger partial charge in [-0.2, -0.15) is 13.2 Å². The molecule has 1 unspecified atom stereocenters. The number of nitrogens with two attached hydrogens (primary N) is 1. The lowest BCUT2D eigenvalue weighted by atomic mass is 9.83. The van der Waals surface area contributed by atoms with Crippen molar-refractivity contribution in [2.24, 2.45) is 5.90 Å². The predicted octanol–water partition coefficient (Wildman–Crippen LogP) is 6.48. The molecule has 184 valence electrons. The van der Waals surface area contributed by atoms with Gasteiger partial charge in [0.1, 0.15) is 6.29 Å². The second-order valence-electron chi connectivity index (χ2n) is 7.56. The summed E-state index contributed by atoms with van der Waals surface area (Å²) in [6.07, 6.45) is -5.28. The van der Waals surface area contributed by atoms with Crippen LogP contribution in [0.3, 0.4) is 0 Å². The maximum atomic E-state index is 14.5. The van der Waals surface area contributed by atoms with Gasteiger partial charge in [0.05, 0.1) is 21.6 Å². The topological polar surface area (TPSA) is 81.4 Å². The summed E-state index contributed by atoms with van der Waals surface area (Å²) >= 11 is 17.9. The Morgan fingerprint density at radius 1 is 1.03 bits per heavy atom. The molecule has 3 aromatic carbocycles. The zero-order valence-corrected chi connectivity index (χ0v) is 20.2. The van der Waals surface area contributed by atoms with Gasteiger partial charge in [-0.1, -0.05) is 71.7 Å². The highest BCUT2D eigenvalue weighted by molar-refractivity contribution is 6.48. The summed E-state index contributed by atoms with van der Waals surface area (Å²) in [6, 6.07) is 11.5. The molecule has 3 N–H and O–H groups in total. The van der Waals surface area contributed by atoms with E-state index in [1.165, 1.54) is 12.1 Å². The SMILES string of the molecule is C=C(CC(ON)(c1cc(Cl)c(Cl)c(Cl)c1)C(F)(F)F)c1ccc(C(=O)NCC=O)c2ccccc12. The van der Waals surface area contributed by atoms with Crippen LogP contribution in [0, 0.1) is 0 Å². The average Bonchev–Trinajstić information content (AvgIpc) is 2.82. The molecule has 3 aromatic rings. The van der Waals surface area contributed by atoms with Crippen LogP contribution in [0.25, 0.3) is 16.3 Å². The Bertz CT molecular complexity index is 1290. The minimum absolute atomic E-state index is 0.0195. The van der Waals surface area contributed by atoms with Crippen molar-refractivity contribution in [3.05, 3.63) is 86.9 Å². The average molecular weight is 546 g/mol. The minimum Gasteiger partial charge on any atom is -0.345 e. The Kier molecular flexibility index (Phi) is 8.14. The molecule has 0 aliphatic carbocycles. The molecule has 1 atom stereocenters. The van der Waals surface area contributed by atoms with Crippen molar-refractivity contribution in [2.45, 2.75) is 18.2 Å². The van der Waals surface area contributed by atoms with Crippen LogP contribution in [0.2, 0.25) is 15.1 Å². The Morgan fingerprint density at radius 2 is 1.57 bits per heavy atom. The van der Waals surface area contributed by atoms with E-state index >= 15 is 0 Å². The number of hydrogen-bond acceptors (Lipinski definition) is 4. The molecule has 0 saturated heterocycles. The number of aldehydes is 1. The van der Waals surface area contributed by atoms with Gasteiger partial charge < -0.3 is 10.1 Å². The summed E-state index contributed by atoms with van der Waals surface area (Å²) in [5.41, 5.74) is -2.91. The molecule has 0 aliphatic heterocycles. The smallest absolute Gasteiger partial charge is 0.345 e. The predicted molar refractivity (Wildman–Crippen MR) is 130 cm³/mol. The third-order valence-corrected chi connectivity index (χ3v) is 6.66. The molecule has 1 amide bonds. The van der Waals surface area contributed by atoms with E-state index < -0.39 is 29.7 Å². The number of hydrogen-bond donors (Lipinski definition) is 2. The highest BCUT2D eigenvalue weighted by atomic mass is 35.5. The molecule has 0 fully saturated rings. The van der Waals surface area contributed by atoms with Gasteiger partial charge in [-0.3, -0.25) is 9.63 Å². The molecule has 5 nitrogen and oxygen atoms in total. The molecule has 0 radical (unpaired) electrons. The molecule has 0 spiro atoms. The summed E-state index contributed by atoms with van der Waals surface area (Å²) in [7, 11) is 0. The molecule has 0 heterocycles. The third-order valence-electron chi connectivity index (χ3n) is 5.47. The highest BCUT2D eigenvalue weighted by Gasteiger charge is 2.58. The number of amides is 1. The van der Waals surface area contributed by atoms with E-state index in [2.05, 4.69) is 16.7 Å². The van der Waals surface area contributed by atoms with E-state index in [0.29, 0.717) is 22.6 Å². The first-order chi connectivity index (χ1) is 16.5.